The van der Waals surface area contributed by atoms with Crippen LogP contribution in [0.4, 0.5) is 41.7 Å². The van der Waals surface area contributed by atoms with Crippen LogP contribution in [0.3, 0.4) is 0 Å². The van der Waals surface area contributed by atoms with Gasteiger partial charge in [-0.2, -0.15) is 13.2 Å². The van der Waals surface area contributed by atoms with Crippen LogP contribution in [0, 0.1) is 0 Å². The Labute approximate surface area is 183 Å². The Morgan fingerprint density at radius 2 is 1.81 bits per heavy atom. The largest absolute Gasteiger partial charge is 0.419 e. The summed E-state index contributed by atoms with van der Waals surface area (Å²) in [5.41, 5.74) is 0.922. The number of benzene rings is 2. The zero-order chi connectivity index (χ0) is 22.9. The van der Waals surface area contributed by atoms with Crippen molar-refractivity contribution >= 4 is 45.6 Å². The molecule has 1 aliphatic heterocycles. The number of alkyl halides is 3. The Morgan fingerprint density at radius 3 is 2.56 bits per heavy atom. The minimum absolute atomic E-state index is 0.0521. The van der Waals surface area contributed by atoms with Crippen molar-refractivity contribution in [1.29, 1.82) is 0 Å². The third-order valence-electron chi connectivity index (χ3n) is 4.83. The van der Waals surface area contributed by atoms with E-state index in [1.165, 1.54) is 30.3 Å². The number of aryl methyl sites for hydroxylation is 1. The van der Waals surface area contributed by atoms with E-state index in [2.05, 4.69) is 20.9 Å². The first kappa shape index (κ1) is 21.8. The number of para-hydroxylation sites is 1. The molecule has 2 heterocycles. The molecule has 1 amide bonds. The van der Waals surface area contributed by atoms with E-state index in [9.17, 15) is 26.7 Å². The van der Waals surface area contributed by atoms with Crippen LogP contribution in [0.1, 0.15) is 17.5 Å². The molecule has 32 heavy (non-hydrogen) atoms. The zero-order valence-corrected chi connectivity index (χ0v) is 17.2. The van der Waals surface area contributed by atoms with Gasteiger partial charge in [-0.05, 0) is 42.3 Å². The van der Waals surface area contributed by atoms with E-state index < -0.39 is 22.8 Å². The average Bonchev–Trinajstić information content (AvgIpc) is 2.73. The number of anilines is 5. The van der Waals surface area contributed by atoms with Crippen LogP contribution < -0.4 is 16.0 Å². The molecule has 0 radical (unpaired) electrons. The quantitative estimate of drug-likeness (QED) is 0.396. The lowest BCUT2D eigenvalue weighted by molar-refractivity contribution is -0.137. The van der Waals surface area contributed by atoms with Crippen molar-refractivity contribution in [3.05, 3.63) is 65.9 Å². The molecule has 0 spiro atoms. The van der Waals surface area contributed by atoms with Gasteiger partial charge in [-0.15, -0.1) is 0 Å². The minimum atomic E-state index is -4.69. The summed E-state index contributed by atoms with van der Waals surface area (Å²) in [5.74, 6) is 0.0744. The van der Waals surface area contributed by atoms with Gasteiger partial charge in [-0.1, -0.05) is 12.1 Å². The van der Waals surface area contributed by atoms with Crippen LogP contribution in [0.15, 0.2) is 59.6 Å². The molecule has 1 aromatic heterocycles. The fourth-order valence-corrected chi connectivity index (χ4v) is 3.83. The fraction of sp³-hybridized carbons (Fsp3) is 0.143. The SMILES string of the molecule is O=C1CCc2cc(Nc3cc(Nc4ccccc4S(=O)O)c(C(F)(F)F)cn3)ccc2N1. The highest BCUT2D eigenvalue weighted by molar-refractivity contribution is 7.79. The molecule has 1 atom stereocenters. The van der Waals surface area contributed by atoms with Gasteiger partial charge >= 0.3 is 6.18 Å². The molecule has 0 saturated heterocycles. The van der Waals surface area contributed by atoms with Crippen LogP contribution in [-0.2, 0) is 28.5 Å². The van der Waals surface area contributed by atoms with Gasteiger partial charge < -0.3 is 20.5 Å². The second-order valence-corrected chi connectivity index (χ2v) is 7.97. The maximum Gasteiger partial charge on any atom is 0.419 e. The van der Waals surface area contributed by atoms with Crippen molar-refractivity contribution in [3.63, 3.8) is 0 Å². The lowest BCUT2D eigenvalue weighted by Crippen LogP contribution is -2.18. The topological polar surface area (TPSA) is 103 Å². The summed E-state index contributed by atoms with van der Waals surface area (Å²) in [6.45, 7) is 0. The van der Waals surface area contributed by atoms with E-state index in [1.807, 2.05) is 0 Å². The number of hydrogen-bond acceptors (Lipinski definition) is 5. The third-order valence-corrected chi connectivity index (χ3v) is 5.56. The van der Waals surface area contributed by atoms with Gasteiger partial charge in [0.05, 0.1) is 21.8 Å². The van der Waals surface area contributed by atoms with Gasteiger partial charge in [-0.3, -0.25) is 4.79 Å². The summed E-state index contributed by atoms with van der Waals surface area (Å²) in [4.78, 5) is 15.3. The molecule has 1 unspecified atom stereocenters. The van der Waals surface area contributed by atoms with Crippen molar-refractivity contribution in [2.24, 2.45) is 0 Å². The molecule has 0 fully saturated rings. The zero-order valence-electron chi connectivity index (χ0n) is 16.4. The van der Waals surface area contributed by atoms with Crippen LogP contribution >= 0.6 is 0 Å². The highest BCUT2D eigenvalue weighted by atomic mass is 32.2. The number of halogens is 3. The first-order valence-electron chi connectivity index (χ1n) is 9.44. The lowest BCUT2D eigenvalue weighted by Gasteiger charge is -2.19. The third kappa shape index (κ3) is 4.73. The number of pyridine rings is 1. The Morgan fingerprint density at radius 1 is 1.03 bits per heavy atom. The highest BCUT2D eigenvalue weighted by Gasteiger charge is 2.34. The molecule has 2 aromatic carbocycles. The van der Waals surface area contributed by atoms with E-state index in [1.54, 1.807) is 18.2 Å². The molecule has 166 valence electrons. The number of carbonyl (C=O) groups is 1. The predicted molar refractivity (Wildman–Crippen MR) is 115 cm³/mol. The predicted octanol–water partition coefficient (Wildman–Crippen LogP) is 5.05. The number of hydrogen-bond donors (Lipinski definition) is 4. The number of carbonyl (C=O) groups excluding carboxylic acids is 1. The van der Waals surface area contributed by atoms with Crippen LogP contribution in [0.2, 0.25) is 0 Å². The van der Waals surface area contributed by atoms with Crippen molar-refractivity contribution in [1.82, 2.24) is 4.98 Å². The normalized spacial score (nSPS) is 14.3. The maximum atomic E-state index is 13.5. The van der Waals surface area contributed by atoms with Gasteiger partial charge in [0.1, 0.15) is 5.82 Å². The number of nitrogens with one attached hydrogen (secondary N) is 3. The fourth-order valence-electron chi connectivity index (χ4n) is 3.33. The average molecular weight is 462 g/mol. The second-order valence-electron chi connectivity index (χ2n) is 7.03. The van der Waals surface area contributed by atoms with Gasteiger partial charge in [0.25, 0.3) is 0 Å². The van der Waals surface area contributed by atoms with Gasteiger partial charge in [0, 0.05) is 30.1 Å². The Bertz CT molecular complexity index is 1220. The lowest BCUT2D eigenvalue weighted by atomic mass is 10.0. The summed E-state index contributed by atoms with van der Waals surface area (Å²) >= 11 is -2.39. The monoisotopic (exact) mass is 462 g/mol. The molecule has 4 N–H and O–H groups in total. The number of aromatic nitrogens is 1. The van der Waals surface area contributed by atoms with Crippen molar-refractivity contribution < 1.29 is 26.7 Å². The number of amides is 1. The van der Waals surface area contributed by atoms with E-state index in [0.29, 0.717) is 30.4 Å². The van der Waals surface area contributed by atoms with E-state index >= 15 is 0 Å². The molecule has 4 rings (SSSR count). The summed E-state index contributed by atoms with van der Waals surface area (Å²) in [7, 11) is 0. The van der Waals surface area contributed by atoms with E-state index in [4.69, 9.17) is 0 Å². The van der Waals surface area contributed by atoms with Crippen LogP contribution in [0.5, 0.6) is 0 Å². The first-order valence-corrected chi connectivity index (χ1v) is 10.6. The Hall–Kier alpha value is -3.44. The minimum Gasteiger partial charge on any atom is -0.354 e. The highest BCUT2D eigenvalue weighted by Crippen LogP contribution is 2.38. The summed E-state index contributed by atoms with van der Waals surface area (Å²) < 4.78 is 61.6. The van der Waals surface area contributed by atoms with Gasteiger partial charge in [0.15, 0.2) is 11.1 Å². The molecular weight excluding hydrogens is 445 g/mol. The summed E-state index contributed by atoms with van der Waals surface area (Å²) in [5, 5.41) is 8.34. The number of nitrogens with zero attached hydrogens (tertiary/aromatic N) is 1. The van der Waals surface area contributed by atoms with E-state index in [0.717, 1.165) is 5.56 Å². The molecule has 3 aromatic rings. The van der Waals surface area contributed by atoms with Crippen molar-refractivity contribution in [2.75, 3.05) is 16.0 Å². The standard InChI is InChI=1S/C21H17F3N4O3S/c22-21(23,24)14-11-25-19(10-17(14)27-16-3-1-2-4-18(16)32(30)31)26-13-6-7-15-12(9-13)5-8-20(29)28-15/h1-4,6-7,9-11H,5,8H2,(H,28,29)(H,30,31)(H2,25,26,27). The van der Waals surface area contributed by atoms with Crippen LogP contribution in [-0.4, -0.2) is 19.7 Å². The van der Waals surface area contributed by atoms with Crippen molar-refractivity contribution in [2.45, 2.75) is 23.9 Å². The molecule has 0 aliphatic carbocycles. The van der Waals surface area contributed by atoms with Gasteiger partial charge in [-0.25, -0.2) is 9.19 Å². The summed E-state index contributed by atoms with van der Waals surface area (Å²) in [6.07, 6.45) is -3.08. The van der Waals surface area contributed by atoms with Crippen LogP contribution in [0.25, 0.3) is 0 Å². The Balaban J connectivity index is 1.67. The second kappa shape index (κ2) is 8.60. The first-order chi connectivity index (χ1) is 15.2. The molecule has 11 heteroatoms. The summed E-state index contributed by atoms with van der Waals surface area (Å²) in [6, 6.07) is 12.2. The Kier molecular flexibility index (Phi) is 5.85. The molecule has 0 saturated carbocycles. The molecule has 1 aliphatic rings. The maximum absolute atomic E-state index is 13.5. The van der Waals surface area contributed by atoms with Gasteiger partial charge in [0.2, 0.25) is 5.91 Å². The molecule has 0 bridgehead atoms. The molecule has 7 nitrogen and oxygen atoms in total. The van der Waals surface area contributed by atoms with E-state index in [-0.39, 0.29) is 28.0 Å². The molecular formula is C21H17F3N4O3S. The number of rotatable bonds is 5. The van der Waals surface area contributed by atoms with Crippen molar-refractivity contribution in [3.8, 4) is 0 Å². The number of fused-ring (bicyclic) bond motifs is 1. The smallest absolute Gasteiger partial charge is 0.354 e.